The van der Waals surface area contributed by atoms with E-state index in [0.717, 1.165) is 46.2 Å². The Labute approximate surface area is 191 Å². The van der Waals surface area contributed by atoms with Crippen molar-refractivity contribution in [2.24, 2.45) is 0 Å². The maximum Gasteiger partial charge on any atom is 0.262 e. The lowest BCUT2D eigenvalue weighted by atomic mass is 9.97. The molecule has 162 valence electrons. The fraction of sp³-hybridized carbons (Fsp3) is 0.320. The second kappa shape index (κ2) is 8.42. The van der Waals surface area contributed by atoms with E-state index in [9.17, 15) is 4.79 Å². The highest BCUT2D eigenvalue weighted by Crippen LogP contribution is 2.52. The zero-order valence-corrected chi connectivity index (χ0v) is 20.0. The van der Waals surface area contributed by atoms with Crippen LogP contribution in [0.2, 0.25) is 0 Å². The van der Waals surface area contributed by atoms with Crippen molar-refractivity contribution in [2.45, 2.75) is 25.7 Å². The fourth-order valence-corrected chi connectivity index (χ4v) is 4.71. The van der Waals surface area contributed by atoms with Crippen molar-refractivity contribution < 1.29 is 19.0 Å². The molecule has 1 saturated carbocycles. The van der Waals surface area contributed by atoms with Gasteiger partial charge in [0.25, 0.3) is 5.91 Å². The molecule has 1 fully saturated rings. The van der Waals surface area contributed by atoms with Crippen LogP contribution in [0.3, 0.4) is 0 Å². The largest absolute Gasteiger partial charge is 0.496 e. The van der Waals surface area contributed by atoms with Gasteiger partial charge in [-0.15, -0.1) is 0 Å². The minimum absolute atomic E-state index is 0.150. The highest BCUT2D eigenvalue weighted by Gasteiger charge is 2.32. The Morgan fingerprint density at radius 1 is 1.00 bits per heavy atom. The summed E-state index contributed by atoms with van der Waals surface area (Å²) in [6.07, 6.45) is 2.26. The number of halogens is 1. The first-order chi connectivity index (χ1) is 14.9. The van der Waals surface area contributed by atoms with Gasteiger partial charge in [-0.3, -0.25) is 4.79 Å². The third kappa shape index (κ3) is 3.63. The molecule has 0 aromatic heterocycles. The number of nitrogens with zero attached hydrogens (tertiary/aromatic N) is 1. The monoisotopic (exact) mass is 483 g/mol. The van der Waals surface area contributed by atoms with E-state index >= 15 is 0 Å². The second-order valence-corrected chi connectivity index (χ2v) is 8.66. The molecule has 0 unspecified atom stereocenters. The molecule has 4 rings (SSSR count). The van der Waals surface area contributed by atoms with Crippen molar-refractivity contribution in [1.82, 2.24) is 0 Å². The summed E-state index contributed by atoms with van der Waals surface area (Å²) in [6.45, 7) is 1.93. The number of fused-ring (bicyclic) bond motifs is 1. The van der Waals surface area contributed by atoms with Crippen LogP contribution < -0.4 is 19.1 Å². The van der Waals surface area contributed by atoms with Crippen LogP contribution in [0.4, 0.5) is 5.69 Å². The number of rotatable bonds is 6. The van der Waals surface area contributed by atoms with E-state index in [0.29, 0.717) is 27.5 Å². The van der Waals surface area contributed by atoms with E-state index in [2.05, 4.69) is 22.0 Å². The summed E-state index contributed by atoms with van der Waals surface area (Å²) in [6, 6.07) is 11.8. The van der Waals surface area contributed by atoms with Crippen molar-refractivity contribution in [1.29, 1.82) is 0 Å². The maximum absolute atomic E-state index is 13.6. The van der Waals surface area contributed by atoms with Crippen LogP contribution in [-0.4, -0.2) is 34.3 Å². The maximum atomic E-state index is 13.6. The van der Waals surface area contributed by atoms with Crippen LogP contribution in [-0.2, 0) is 0 Å². The molecule has 0 spiro atoms. The first-order valence-corrected chi connectivity index (χ1v) is 11.0. The number of hydrogen-bond acceptors (Lipinski definition) is 4. The van der Waals surface area contributed by atoms with Crippen LogP contribution in [0.5, 0.6) is 17.2 Å². The van der Waals surface area contributed by atoms with Gasteiger partial charge < -0.3 is 19.1 Å². The van der Waals surface area contributed by atoms with Crippen LogP contribution in [0.25, 0.3) is 10.8 Å². The van der Waals surface area contributed by atoms with E-state index in [-0.39, 0.29) is 5.91 Å². The molecule has 0 saturated heterocycles. The average Bonchev–Trinajstić information content (AvgIpc) is 3.62. The molecule has 3 aromatic rings. The topological polar surface area (TPSA) is 48.0 Å². The molecule has 1 amide bonds. The SMILES string of the molecule is COc1cc2c(N(C)C(=O)c3c(Br)ccc(C)c3OC)cccc2c(C2CC2)c1OC. The second-order valence-electron chi connectivity index (χ2n) is 7.81. The Bertz CT molecular complexity index is 1170. The van der Waals surface area contributed by atoms with E-state index in [1.165, 1.54) is 0 Å². The predicted octanol–water partition coefficient (Wildman–Crippen LogP) is 6.09. The number of hydrogen-bond donors (Lipinski definition) is 0. The zero-order chi connectivity index (χ0) is 22.3. The third-order valence-electron chi connectivity index (χ3n) is 5.91. The number of benzene rings is 3. The van der Waals surface area contributed by atoms with Gasteiger partial charge in [0.1, 0.15) is 5.75 Å². The number of carbonyl (C=O) groups excluding carboxylic acids is 1. The summed E-state index contributed by atoms with van der Waals surface area (Å²) in [5.41, 5.74) is 3.38. The summed E-state index contributed by atoms with van der Waals surface area (Å²) in [5, 5.41) is 2.05. The zero-order valence-electron chi connectivity index (χ0n) is 18.4. The van der Waals surface area contributed by atoms with Gasteiger partial charge in [-0.05, 0) is 70.8 Å². The minimum atomic E-state index is -0.150. The summed E-state index contributed by atoms with van der Waals surface area (Å²) in [7, 11) is 6.70. The quantitative estimate of drug-likeness (QED) is 0.425. The predicted molar refractivity (Wildman–Crippen MR) is 127 cm³/mol. The molecule has 6 heteroatoms. The van der Waals surface area contributed by atoms with Crippen LogP contribution >= 0.6 is 15.9 Å². The van der Waals surface area contributed by atoms with Crippen molar-refractivity contribution >= 4 is 38.3 Å². The van der Waals surface area contributed by atoms with Gasteiger partial charge in [0.05, 0.1) is 32.6 Å². The molecule has 0 atom stereocenters. The van der Waals surface area contributed by atoms with Gasteiger partial charge in [-0.25, -0.2) is 0 Å². The summed E-state index contributed by atoms with van der Waals surface area (Å²) in [5.74, 6) is 2.34. The van der Waals surface area contributed by atoms with Crippen molar-refractivity contribution in [3.8, 4) is 17.2 Å². The smallest absolute Gasteiger partial charge is 0.262 e. The van der Waals surface area contributed by atoms with Gasteiger partial charge in [-0.2, -0.15) is 0 Å². The summed E-state index contributed by atoms with van der Waals surface area (Å²) < 4.78 is 17.6. The Hall–Kier alpha value is -2.73. The molecule has 0 N–H and O–H groups in total. The highest BCUT2D eigenvalue weighted by atomic mass is 79.9. The number of anilines is 1. The van der Waals surface area contributed by atoms with Crippen LogP contribution in [0.1, 0.15) is 40.2 Å². The lowest BCUT2D eigenvalue weighted by molar-refractivity contribution is 0.0989. The van der Waals surface area contributed by atoms with E-state index in [4.69, 9.17) is 14.2 Å². The van der Waals surface area contributed by atoms with Crippen molar-refractivity contribution in [3.63, 3.8) is 0 Å². The fourth-order valence-electron chi connectivity index (χ4n) is 4.23. The Kier molecular flexibility index (Phi) is 5.84. The molecule has 0 aliphatic heterocycles. The van der Waals surface area contributed by atoms with Gasteiger partial charge in [0.2, 0.25) is 0 Å². The number of amides is 1. The van der Waals surface area contributed by atoms with E-state index in [1.54, 1.807) is 33.3 Å². The first-order valence-electron chi connectivity index (χ1n) is 10.2. The van der Waals surface area contributed by atoms with Gasteiger partial charge in [-0.1, -0.05) is 18.2 Å². The van der Waals surface area contributed by atoms with Gasteiger partial charge in [0.15, 0.2) is 11.5 Å². The van der Waals surface area contributed by atoms with Gasteiger partial charge >= 0.3 is 0 Å². The van der Waals surface area contributed by atoms with Gasteiger partial charge in [0, 0.05) is 22.5 Å². The molecule has 0 heterocycles. The molecular formula is C25H26BrNO4. The van der Waals surface area contributed by atoms with Crippen LogP contribution in [0.15, 0.2) is 40.9 Å². The highest BCUT2D eigenvalue weighted by molar-refractivity contribution is 9.10. The molecule has 3 aromatic carbocycles. The molecule has 31 heavy (non-hydrogen) atoms. The summed E-state index contributed by atoms with van der Waals surface area (Å²) >= 11 is 3.53. The van der Waals surface area contributed by atoms with E-state index in [1.807, 2.05) is 37.3 Å². The van der Waals surface area contributed by atoms with Crippen molar-refractivity contribution in [2.75, 3.05) is 33.3 Å². The molecule has 0 bridgehead atoms. The molecule has 1 aliphatic rings. The standard InChI is InChI=1S/C25H26BrNO4/c1-14-9-12-18(26)22(23(14)30-4)25(28)27(2)19-8-6-7-16-17(19)13-20(29-3)24(31-5)21(16)15-10-11-15/h6-9,12-13,15H,10-11H2,1-5H3. The molecule has 1 aliphatic carbocycles. The Morgan fingerprint density at radius 2 is 1.71 bits per heavy atom. The molecular weight excluding hydrogens is 458 g/mol. The molecule has 0 radical (unpaired) electrons. The lowest BCUT2D eigenvalue weighted by Gasteiger charge is -2.24. The number of ether oxygens (including phenoxy) is 3. The normalized spacial score (nSPS) is 13.2. The van der Waals surface area contributed by atoms with Crippen molar-refractivity contribution in [3.05, 3.63) is 57.6 Å². The van der Waals surface area contributed by atoms with Crippen LogP contribution in [0, 0.1) is 6.92 Å². The minimum Gasteiger partial charge on any atom is -0.496 e. The Balaban J connectivity index is 1.90. The molecule has 5 nitrogen and oxygen atoms in total. The first kappa shape index (κ1) is 21.5. The average molecular weight is 484 g/mol. The lowest BCUT2D eigenvalue weighted by Crippen LogP contribution is -2.27. The third-order valence-corrected chi connectivity index (χ3v) is 6.58. The number of aryl methyl sites for hydroxylation is 1. The summed E-state index contributed by atoms with van der Waals surface area (Å²) in [4.78, 5) is 15.3. The number of methoxy groups -OCH3 is 3. The number of carbonyl (C=O) groups is 1. The Morgan fingerprint density at radius 3 is 2.32 bits per heavy atom. The van der Waals surface area contributed by atoms with E-state index < -0.39 is 0 Å².